The maximum absolute atomic E-state index is 2.54. The molecule has 134 valence electrons. The topological polar surface area (TPSA) is 0 Å². The summed E-state index contributed by atoms with van der Waals surface area (Å²) in [6.45, 7) is 22.3. The van der Waals surface area contributed by atoms with Gasteiger partial charge in [-0.3, -0.25) is 0 Å². The molecule has 0 spiro atoms. The molecule has 0 saturated carbocycles. The van der Waals surface area contributed by atoms with E-state index in [9.17, 15) is 0 Å². The predicted molar refractivity (Wildman–Crippen MR) is 106 cm³/mol. The molecule has 1 heterocycles. The first-order valence-electron chi connectivity index (χ1n) is 10.2. The van der Waals surface area contributed by atoms with E-state index in [1.54, 1.807) is 6.04 Å². The van der Waals surface area contributed by atoms with Gasteiger partial charge in [0.2, 0.25) is 0 Å². The van der Waals surface area contributed by atoms with Crippen LogP contribution in [0, 0.1) is 0 Å². The number of quaternary nitrogens is 1. The van der Waals surface area contributed by atoms with Crippen LogP contribution in [-0.4, -0.2) is 38.7 Å². The lowest BCUT2D eigenvalue weighted by atomic mass is 10.2. The molecule has 1 atom stereocenters. The fourth-order valence-corrected chi connectivity index (χ4v) is 6.88. The molecular weight excluding hydrogens is 282 g/mol. The van der Waals surface area contributed by atoms with Crippen LogP contribution in [0.15, 0.2) is 0 Å². The minimum Gasteiger partial charge on any atom is -0.324 e. The van der Waals surface area contributed by atoms with Crippen molar-refractivity contribution in [3.05, 3.63) is 0 Å². The summed E-state index contributed by atoms with van der Waals surface area (Å²) in [6, 6.07) is 1.58. The van der Waals surface area contributed by atoms with Gasteiger partial charge in [0.25, 0.3) is 0 Å². The molecular formula is C20H46NSi+. The Bertz CT molecular complexity index is 233. The molecule has 1 aliphatic heterocycles. The van der Waals surface area contributed by atoms with Gasteiger partial charge in [0.05, 0.1) is 34.3 Å². The zero-order valence-corrected chi connectivity index (χ0v) is 18.0. The van der Waals surface area contributed by atoms with Crippen LogP contribution in [0.4, 0.5) is 0 Å². The van der Waals surface area contributed by atoms with E-state index in [1.165, 1.54) is 75.6 Å². The van der Waals surface area contributed by atoms with Gasteiger partial charge in [0.15, 0.2) is 0 Å². The summed E-state index contributed by atoms with van der Waals surface area (Å²) in [5.74, 6) is 0. The van der Waals surface area contributed by atoms with E-state index < -0.39 is 8.07 Å². The van der Waals surface area contributed by atoms with Gasteiger partial charge in [-0.2, -0.15) is 0 Å². The third kappa shape index (κ3) is 8.15. The predicted octanol–water partition coefficient (Wildman–Crippen LogP) is 6.71. The molecule has 0 amide bonds. The molecule has 0 aliphatic carbocycles. The van der Waals surface area contributed by atoms with Crippen molar-refractivity contribution in [2.75, 3.05) is 26.2 Å². The zero-order chi connectivity index (χ0) is 17.1. The van der Waals surface area contributed by atoms with Gasteiger partial charge in [-0.15, -0.1) is 0 Å². The highest BCUT2D eigenvalue weighted by atomic mass is 28.3. The Kier molecular flexibility index (Phi) is 11.8. The average molecular weight is 329 g/mol. The monoisotopic (exact) mass is 328 g/mol. The molecule has 1 aliphatic rings. The van der Waals surface area contributed by atoms with Crippen LogP contribution in [0.5, 0.6) is 0 Å². The van der Waals surface area contributed by atoms with E-state index in [2.05, 4.69) is 47.7 Å². The first-order valence-corrected chi connectivity index (χ1v) is 13.5. The van der Waals surface area contributed by atoms with Crippen LogP contribution in [0.3, 0.4) is 0 Å². The Labute approximate surface area is 143 Å². The molecule has 0 aromatic rings. The van der Waals surface area contributed by atoms with Crippen LogP contribution in [0.2, 0.25) is 24.7 Å². The third-order valence-corrected chi connectivity index (χ3v) is 10.4. The summed E-state index contributed by atoms with van der Waals surface area (Å²) < 4.78 is 1.38. The molecule has 0 bridgehead atoms. The molecule has 1 rings (SSSR count). The number of nitrogens with zero attached hydrogens (tertiary/aromatic N) is 1. The normalized spacial score (nSPS) is 21.1. The fraction of sp³-hybridized carbons (Fsp3) is 1.00. The van der Waals surface area contributed by atoms with Crippen LogP contribution in [0.25, 0.3) is 0 Å². The maximum Gasteiger partial charge on any atom is 0.0783 e. The van der Waals surface area contributed by atoms with E-state index >= 15 is 0 Å². The lowest BCUT2D eigenvalue weighted by molar-refractivity contribution is -0.928. The van der Waals surface area contributed by atoms with E-state index in [-0.39, 0.29) is 0 Å². The van der Waals surface area contributed by atoms with Crippen molar-refractivity contribution < 1.29 is 4.48 Å². The molecule has 22 heavy (non-hydrogen) atoms. The van der Waals surface area contributed by atoms with Crippen molar-refractivity contribution in [3.8, 4) is 0 Å². The van der Waals surface area contributed by atoms with Crippen molar-refractivity contribution in [1.29, 1.82) is 0 Å². The number of hydrogen-bond acceptors (Lipinski definition) is 0. The first kappa shape index (κ1) is 22.2. The quantitative estimate of drug-likeness (QED) is 0.343. The summed E-state index contributed by atoms with van der Waals surface area (Å²) >= 11 is 0. The molecule has 1 unspecified atom stereocenters. The third-order valence-electron chi connectivity index (χ3n) is 5.83. The Morgan fingerprint density at radius 3 is 1.41 bits per heavy atom. The average Bonchev–Trinajstić information content (AvgIpc) is 2.44. The minimum absolute atomic E-state index is 0.694. The van der Waals surface area contributed by atoms with Gasteiger partial charge in [0.1, 0.15) is 0 Å². The Balaban J connectivity index is 0.000000425. The first-order chi connectivity index (χ1) is 10.4. The highest BCUT2D eigenvalue weighted by Gasteiger charge is 2.30. The second-order valence-corrected chi connectivity index (χ2v) is 13.8. The van der Waals surface area contributed by atoms with E-state index in [0.717, 1.165) is 5.54 Å². The van der Waals surface area contributed by atoms with E-state index in [4.69, 9.17) is 0 Å². The number of hydrogen-bond donors (Lipinski definition) is 0. The molecule has 0 radical (unpaired) electrons. The van der Waals surface area contributed by atoms with Gasteiger partial charge in [0, 0.05) is 0 Å². The van der Waals surface area contributed by atoms with Gasteiger partial charge < -0.3 is 4.48 Å². The smallest absolute Gasteiger partial charge is 0.0783 e. The largest absolute Gasteiger partial charge is 0.324 e. The maximum atomic E-state index is 2.54. The highest BCUT2D eigenvalue weighted by molar-refractivity contribution is 6.78. The van der Waals surface area contributed by atoms with E-state index in [1.807, 2.05) is 0 Å². The minimum atomic E-state index is -0.694. The standard InChI is InChI=1S/C12H28N.C8H18Si/c1-5-9-13(10-6-2,11-7-3)12-8-4;1-8-6-4-5-7-9(8,2)3/h5-12H2,1-4H3;8H,4-7H2,1-3H3/q+1;. The lowest BCUT2D eigenvalue weighted by Gasteiger charge is -2.38. The van der Waals surface area contributed by atoms with Crippen molar-refractivity contribution >= 4 is 8.07 Å². The Morgan fingerprint density at radius 1 is 0.773 bits per heavy atom. The highest BCUT2D eigenvalue weighted by Crippen LogP contribution is 2.36. The Morgan fingerprint density at radius 2 is 1.18 bits per heavy atom. The van der Waals surface area contributed by atoms with Crippen LogP contribution >= 0.6 is 0 Å². The van der Waals surface area contributed by atoms with Gasteiger partial charge in [-0.1, -0.05) is 73.0 Å². The van der Waals surface area contributed by atoms with Gasteiger partial charge in [-0.25, -0.2) is 0 Å². The van der Waals surface area contributed by atoms with Crippen LogP contribution in [-0.2, 0) is 0 Å². The summed E-state index contributed by atoms with van der Waals surface area (Å²) in [5, 5.41) is 0. The van der Waals surface area contributed by atoms with Gasteiger partial charge in [-0.05, 0) is 31.2 Å². The fourth-order valence-electron chi connectivity index (χ4n) is 4.24. The molecule has 1 fully saturated rings. The van der Waals surface area contributed by atoms with Crippen LogP contribution in [0.1, 0.15) is 79.6 Å². The summed E-state index contributed by atoms with van der Waals surface area (Å²) in [4.78, 5) is 0. The molecule has 1 nitrogen and oxygen atoms in total. The SMILES string of the molecule is CC1CCCC[Si]1(C)C.CCC[N+](CCC)(CCC)CCC. The second kappa shape index (κ2) is 11.7. The Hall–Kier alpha value is 0.177. The molecule has 0 aromatic heterocycles. The molecule has 2 heteroatoms. The summed E-state index contributed by atoms with van der Waals surface area (Å²) in [6.07, 6.45) is 9.86. The summed E-state index contributed by atoms with van der Waals surface area (Å²) in [5.41, 5.74) is 1.09. The second-order valence-electron chi connectivity index (χ2n) is 8.37. The summed E-state index contributed by atoms with van der Waals surface area (Å²) in [7, 11) is -0.694. The van der Waals surface area contributed by atoms with Crippen LogP contribution < -0.4 is 0 Å². The van der Waals surface area contributed by atoms with Crippen molar-refractivity contribution in [3.63, 3.8) is 0 Å². The molecule has 0 N–H and O–H groups in total. The van der Waals surface area contributed by atoms with Gasteiger partial charge >= 0.3 is 0 Å². The van der Waals surface area contributed by atoms with Crippen molar-refractivity contribution in [2.24, 2.45) is 0 Å². The molecule has 1 saturated heterocycles. The zero-order valence-electron chi connectivity index (χ0n) is 17.0. The number of rotatable bonds is 8. The van der Waals surface area contributed by atoms with Crippen molar-refractivity contribution in [1.82, 2.24) is 0 Å². The lowest BCUT2D eigenvalue weighted by Crippen LogP contribution is -2.50. The van der Waals surface area contributed by atoms with Crippen molar-refractivity contribution in [2.45, 2.75) is 104 Å². The van der Waals surface area contributed by atoms with E-state index in [0.29, 0.717) is 0 Å². The molecule has 0 aromatic carbocycles.